The van der Waals surface area contributed by atoms with Crippen molar-refractivity contribution in [3.05, 3.63) is 29.8 Å². The summed E-state index contributed by atoms with van der Waals surface area (Å²) in [5.41, 5.74) is 1.20. The molecule has 1 aromatic carbocycles. The first kappa shape index (κ1) is 14.3. The summed E-state index contributed by atoms with van der Waals surface area (Å²) < 4.78 is 28.2. The Kier molecular flexibility index (Phi) is 4.82. The summed E-state index contributed by atoms with van der Waals surface area (Å²) in [6.07, 6.45) is 2.62. The molecule has 0 bridgehead atoms. The first-order chi connectivity index (χ1) is 9.09. The van der Waals surface area contributed by atoms with Crippen LogP contribution in [0.5, 0.6) is 5.75 Å². The molecule has 1 atom stereocenters. The largest absolute Gasteiger partial charge is 0.497 e. The molecule has 0 spiro atoms. The smallest absolute Gasteiger partial charge is 0.151 e. The Morgan fingerprint density at radius 3 is 3.00 bits per heavy atom. The van der Waals surface area contributed by atoms with Gasteiger partial charge >= 0.3 is 0 Å². The molecule has 0 saturated carbocycles. The minimum Gasteiger partial charge on any atom is -0.497 e. The Morgan fingerprint density at radius 2 is 2.26 bits per heavy atom. The molecule has 1 fully saturated rings. The Balaban J connectivity index is 1.80. The van der Waals surface area contributed by atoms with Crippen molar-refractivity contribution in [1.82, 2.24) is 5.32 Å². The second kappa shape index (κ2) is 6.39. The van der Waals surface area contributed by atoms with Gasteiger partial charge in [0.25, 0.3) is 0 Å². The molecule has 1 aromatic rings. The number of benzene rings is 1. The molecule has 2 rings (SSSR count). The molecule has 1 saturated heterocycles. The maximum atomic E-state index is 11.5. The second-order valence-electron chi connectivity index (χ2n) is 5.01. The maximum absolute atomic E-state index is 11.5. The van der Waals surface area contributed by atoms with Gasteiger partial charge in [0.15, 0.2) is 9.84 Å². The molecule has 19 heavy (non-hydrogen) atoms. The molecule has 1 heterocycles. The van der Waals surface area contributed by atoms with E-state index >= 15 is 0 Å². The summed E-state index contributed by atoms with van der Waals surface area (Å²) in [4.78, 5) is 0. The fourth-order valence-corrected chi connectivity index (χ4v) is 4.10. The minimum absolute atomic E-state index is 0.115. The number of hydrogen-bond donors (Lipinski definition) is 1. The van der Waals surface area contributed by atoms with Crippen LogP contribution in [0.25, 0.3) is 0 Å². The number of nitrogens with one attached hydrogen (secondary N) is 1. The number of methoxy groups -OCH3 is 1. The van der Waals surface area contributed by atoms with Crippen molar-refractivity contribution >= 4 is 9.84 Å². The molecule has 5 heteroatoms. The van der Waals surface area contributed by atoms with Crippen molar-refractivity contribution in [3.63, 3.8) is 0 Å². The molecule has 1 aliphatic rings. The van der Waals surface area contributed by atoms with E-state index in [1.54, 1.807) is 7.11 Å². The lowest BCUT2D eigenvalue weighted by atomic mass is 10.1. The summed E-state index contributed by atoms with van der Waals surface area (Å²) in [6.45, 7) is 0.799. The van der Waals surface area contributed by atoms with E-state index in [-0.39, 0.29) is 11.8 Å². The first-order valence-electron chi connectivity index (χ1n) is 6.66. The molecular weight excluding hydrogens is 262 g/mol. The minimum atomic E-state index is -2.82. The fraction of sp³-hybridized carbons (Fsp3) is 0.571. The summed E-state index contributed by atoms with van der Waals surface area (Å²) in [5.74, 6) is 1.49. The zero-order valence-corrected chi connectivity index (χ0v) is 12.1. The third-order valence-electron chi connectivity index (χ3n) is 3.44. The van der Waals surface area contributed by atoms with Crippen LogP contribution in [0.3, 0.4) is 0 Å². The highest BCUT2D eigenvalue weighted by Crippen LogP contribution is 2.14. The molecule has 106 valence electrons. The van der Waals surface area contributed by atoms with Crippen molar-refractivity contribution in [2.75, 3.05) is 25.2 Å². The predicted octanol–water partition coefficient (Wildman–Crippen LogP) is 1.40. The number of ether oxygens (including phenoxy) is 1. The predicted molar refractivity (Wildman–Crippen MR) is 76.4 cm³/mol. The highest BCUT2D eigenvalue weighted by Gasteiger charge is 2.23. The van der Waals surface area contributed by atoms with Crippen molar-refractivity contribution in [1.29, 1.82) is 0 Å². The zero-order chi connectivity index (χ0) is 13.7. The van der Waals surface area contributed by atoms with E-state index in [1.165, 1.54) is 5.56 Å². The van der Waals surface area contributed by atoms with E-state index in [4.69, 9.17) is 4.74 Å². The molecule has 0 aliphatic carbocycles. The van der Waals surface area contributed by atoms with Gasteiger partial charge < -0.3 is 10.1 Å². The van der Waals surface area contributed by atoms with Crippen LogP contribution in [0.2, 0.25) is 0 Å². The monoisotopic (exact) mass is 283 g/mol. The summed E-state index contributed by atoms with van der Waals surface area (Å²) in [7, 11) is -1.16. The molecule has 1 aliphatic heterocycles. The van der Waals surface area contributed by atoms with Crippen molar-refractivity contribution in [2.24, 2.45) is 0 Å². The number of rotatable bonds is 5. The molecule has 0 amide bonds. The van der Waals surface area contributed by atoms with Crippen LogP contribution in [-0.4, -0.2) is 39.6 Å². The van der Waals surface area contributed by atoms with Gasteiger partial charge in [-0.15, -0.1) is 0 Å². The highest BCUT2D eigenvalue weighted by molar-refractivity contribution is 7.91. The quantitative estimate of drug-likeness (QED) is 0.887. The number of sulfone groups is 1. The van der Waals surface area contributed by atoms with E-state index < -0.39 is 9.84 Å². The second-order valence-corrected chi connectivity index (χ2v) is 7.24. The van der Waals surface area contributed by atoms with Crippen LogP contribution < -0.4 is 10.1 Å². The fourth-order valence-electron chi connectivity index (χ4n) is 2.43. The average molecular weight is 283 g/mol. The van der Waals surface area contributed by atoms with Crippen LogP contribution in [-0.2, 0) is 16.3 Å². The van der Waals surface area contributed by atoms with E-state index in [0.717, 1.165) is 31.6 Å². The summed E-state index contributed by atoms with van der Waals surface area (Å²) in [5, 5.41) is 3.34. The average Bonchev–Trinajstić information content (AvgIpc) is 2.38. The van der Waals surface area contributed by atoms with Gasteiger partial charge in [0.1, 0.15) is 5.75 Å². The van der Waals surface area contributed by atoms with Crippen LogP contribution in [0.1, 0.15) is 18.4 Å². The van der Waals surface area contributed by atoms with Crippen LogP contribution in [0.15, 0.2) is 24.3 Å². The Labute approximate surface area is 115 Å². The Hall–Kier alpha value is -1.07. The van der Waals surface area contributed by atoms with Crippen LogP contribution >= 0.6 is 0 Å². The maximum Gasteiger partial charge on any atom is 0.151 e. The summed E-state index contributed by atoms with van der Waals surface area (Å²) >= 11 is 0. The molecule has 1 unspecified atom stereocenters. The van der Waals surface area contributed by atoms with E-state index in [2.05, 4.69) is 11.4 Å². The van der Waals surface area contributed by atoms with Crippen molar-refractivity contribution in [2.45, 2.75) is 25.3 Å². The van der Waals surface area contributed by atoms with Crippen LogP contribution in [0, 0.1) is 0 Å². The van der Waals surface area contributed by atoms with Gasteiger partial charge in [-0.1, -0.05) is 12.1 Å². The van der Waals surface area contributed by atoms with Gasteiger partial charge in [0, 0.05) is 6.04 Å². The standard InChI is InChI=1S/C14H21NO3S/c1-18-14-6-2-4-12(10-14)7-8-15-13-5-3-9-19(16,17)11-13/h2,4,6,10,13,15H,3,5,7-9,11H2,1H3. The molecular formula is C14H21NO3S. The lowest BCUT2D eigenvalue weighted by molar-refractivity contribution is 0.414. The lowest BCUT2D eigenvalue weighted by Crippen LogP contribution is -2.40. The normalized spacial score (nSPS) is 22.1. The molecule has 1 N–H and O–H groups in total. The van der Waals surface area contributed by atoms with Gasteiger partial charge in [-0.25, -0.2) is 8.42 Å². The molecule has 4 nitrogen and oxygen atoms in total. The molecule has 0 aromatic heterocycles. The van der Waals surface area contributed by atoms with Gasteiger partial charge in [-0.3, -0.25) is 0 Å². The van der Waals surface area contributed by atoms with Gasteiger partial charge in [0.05, 0.1) is 18.6 Å². The molecule has 0 radical (unpaired) electrons. The highest BCUT2D eigenvalue weighted by atomic mass is 32.2. The third kappa shape index (κ3) is 4.51. The van der Waals surface area contributed by atoms with Crippen molar-refractivity contribution in [3.8, 4) is 5.75 Å². The van der Waals surface area contributed by atoms with E-state index in [0.29, 0.717) is 5.75 Å². The lowest BCUT2D eigenvalue weighted by Gasteiger charge is -2.23. The van der Waals surface area contributed by atoms with Gasteiger partial charge in [0.2, 0.25) is 0 Å². The Morgan fingerprint density at radius 1 is 1.42 bits per heavy atom. The summed E-state index contributed by atoms with van der Waals surface area (Å²) in [6, 6.07) is 8.08. The topological polar surface area (TPSA) is 55.4 Å². The first-order valence-corrected chi connectivity index (χ1v) is 8.48. The van der Waals surface area contributed by atoms with E-state index in [1.807, 2.05) is 18.2 Å². The SMILES string of the molecule is COc1cccc(CCNC2CCCS(=O)(=O)C2)c1. The number of hydrogen-bond acceptors (Lipinski definition) is 4. The third-order valence-corrected chi connectivity index (χ3v) is 5.26. The van der Waals surface area contributed by atoms with Gasteiger partial charge in [-0.2, -0.15) is 0 Å². The van der Waals surface area contributed by atoms with Crippen LogP contribution in [0.4, 0.5) is 0 Å². The van der Waals surface area contributed by atoms with Gasteiger partial charge in [-0.05, 0) is 43.5 Å². The Bertz CT molecular complexity index is 513. The zero-order valence-electron chi connectivity index (χ0n) is 11.3. The van der Waals surface area contributed by atoms with Crippen molar-refractivity contribution < 1.29 is 13.2 Å². The van der Waals surface area contributed by atoms with E-state index in [9.17, 15) is 8.42 Å².